The molecule has 1 aliphatic heterocycles. The molecule has 2 fully saturated rings. The van der Waals surface area contributed by atoms with E-state index >= 15 is 0 Å². The van der Waals surface area contributed by atoms with Crippen molar-refractivity contribution in [1.82, 2.24) is 0 Å². The molecule has 2 aromatic rings. The second kappa shape index (κ2) is 7.47. The van der Waals surface area contributed by atoms with Gasteiger partial charge in [0, 0.05) is 0 Å². The summed E-state index contributed by atoms with van der Waals surface area (Å²) in [5.74, 6) is -0.105. The van der Waals surface area contributed by atoms with Gasteiger partial charge in [0.1, 0.15) is 5.75 Å². The molecule has 150 valence electrons. The molecule has 0 unspecified atom stereocenters. The lowest BCUT2D eigenvalue weighted by atomic mass is 9.76. The van der Waals surface area contributed by atoms with Crippen LogP contribution in [0.3, 0.4) is 0 Å². The molecule has 1 heterocycles. The van der Waals surface area contributed by atoms with Crippen LogP contribution in [-0.2, 0) is 9.59 Å². The lowest BCUT2D eigenvalue weighted by Crippen LogP contribution is -2.30. The number of imide groups is 1. The third kappa shape index (κ3) is 3.46. The summed E-state index contributed by atoms with van der Waals surface area (Å²) in [6, 6.07) is 12.1. The third-order valence-electron chi connectivity index (χ3n) is 6.31. The Morgan fingerprint density at radius 2 is 1.66 bits per heavy atom. The number of fused-ring (bicyclic) bond motifs is 1. The number of amides is 2. The van der Waals surface area contributed by atoms with Gasteiger partial charge in [0.15, 0.2) is 0 Å². The Labute approximate surface area is 170 Å². The predicted molar refractivity (Wildman–Crippen MR) is 110 cm³/mol. The Bertz CT molecular complexity index is 979. The van der Waals surface area contributed by atoms with E-state index in [0.29, 0.717) is 22.9 Å². The highest BCUT2D eigenvalue weighted by Gasteiger charge is 2.49. The van der Waals surface area contributed by atoms with Crippen molar-refractivity contribution in [2.24, 2.45) is 17.8 Å². The summed E-state index contributed by atoms with van der Waals surface area (Å²) in [6.07, 6.45) is 2.52. The molecule has 0 N–H and O–H groups in total. The molecule has 29 heavy (non-hydrogen) atoms. The Balaban J connectivity index is 1.52. The lowest BCUT2D eigenvalue weighted by molar-refractivity contribution is -0.122. The van der Waals surface area contributed by atoms with E-state index in [1.54, 1.807) is 30.3 Å². The number of carbonyl (C=O) groups excluding carboxylic acids is 3. The fourth-order valence-corrected chi connectivity index (χ4v) is 4.38. The fraction of sp³-hybridized carbons (Fsp3) is 0.375. The van der Waals surface area contributed by atoms with Crippen LogP contribution >= 0.6 is 0 Å². The Morgan fingerprint density at radius 1 is 0.966 bits per heavy atom. The molecule has 2 amide bonds. The first-order valence-corrected chi connectivity index (χ1v) is 10.1. The van der Waals surface area contributed by atoms with Crippen LogP contribution in [0.15, 0.2) is 42.5 Å². The highest BCUT2D eigenvalue weighted by atomic mass is 16.5. The van der Waals surface area contributed by atoms with E-state index < -0.39 is 5.97 Å². The van der Waals surface area contributed by atoms with E-state index in [2.05, 4.69) is 6.92 Å². The topological polar surface area (TPSA) is 63.7 Å². The van der Waals surface area contributed by atoms with Gasteiger partial charge in [-0.15, -0.1) is 0 Å². The van der Waals surface area contributed by atoms with Gasteiger partial charge in [-0.25, -0.2) is 4.79 Å². The first-order chi connectivity index (χ1) is 13.9. The molecule has 0 radical (unpaired) electrons. The van der Waals surface area contributed by atoms with Crippen molar-refractivity contribution in [1.29, 1.82) is 0 Å². The second-order valence-corrected chi connectivity index (χ2v) is 8.28. The van der Waals surface area contributed by atoms with Gasteiger partial charge in [-0.1, -0.05) is 19.1 Å². The van der Waals surface area contributed by atoms with Crippen LogP contribution in [0.5, 0.6) is 5.75 Å². The molecule has 4 rings (SSSR count). The molecule has 1 saturated carbocycles. The molecule has 0 bridgehead atoms. The standard InChI is InChI=1S/C24H25NO4/c1-14-7-12-19-20(13-14)23(27)25(22(19)26)18-10-8-17(9-11-18)24(28)29-21-6-4-5-15(2)16(21)3/h4-6,8-11,14,19-20H,7,12-13H2,1-3H3/t14-,19+,20+/m1/s1. The van der Waals surface area contributed by atoms with Gasteiger partial charge in [-0.05, 0) is 80.5 Å². The maximum atomic E-state index is 12.8. The first-order valence-electron chi connectivity index (χ1n) is 10.1. The smallest absolute Gasteiger partial charge is 0.343 e. The van der Waals surface area contributed by atoms with Gasteiger partial charge >= 0.3 is 5.97 Å². The molecule has 3 atom stereocenters. The molecule has 0 aromatic heterocycles. The zero-order valence-corrected chi connectivity index (χ0v) is 17.0. The van der Waals surface area contributed by atoms with Crippen LogP contribution in [-0.4, -0.2) is 17.8 Å². The predicted octanol–water partition coefficient (Wildman–Crippen LogP) is 4.45. The summed E-state index contributed by atoms with van der Waals surface area (Å²) in [7, 11) is 0. The Kier molecular flexibility index (Phi) is 4.99. The molecule has 0 spiro atoms. The van der Waals surface area contributed by atoms with Gasteiger partial charge < -0.3 is 4.74 Å². The number of benzene rings is 2. The number of hydrogen-bond donors (Lipinski definition) is 0. The average Bonchev–Trinajstić information content (AvgIpc) is 2.95. The van der Waals surface area contributed by atoms with Crippen LogP contribution in [0.4, 0.5) is 5.69 Å². The highest BCUT2D eigenvalue weighted by molar-refractivity contribution is 6.22. The number of rotatable bonds is 3. The van der Waals surface area contributed by atoms with Crippen LogP contribution < -0.4 is 9.64 Å². The molecule has 2 aliphatic rings. The highest BCUT2D eigenvalue weighted by Crippen LogP contribution is 2.42. The number of carbonyl (C=O) groups is 3. The monoisotopic (exact) mass is 391 g/mol. The quantitative estimate of drug-likeness (QED) is 0.441. The van der Waals surface area contributed by atoms with Crippen LogP contribution in [0.25, 0.3) is 0 Å². The summed E-state index contributed by atoms with van der Waals surface area (Å²) < 4.78 is 5.52. The van der Waals surface area contributed by atoms with Gasteiger partial charge in [0.2, 0.25) is 11.8 Å². The molecule has 2 aromatic carbocycles. The van der Waals surface area contributed by atoms with Gasteiger partial charge in [-0.2, -0.15) is 0 Å². The molecule has 1 saturated heterocycles. The lowest BCUT2D eigenvalue weighted by Gasteiger charge is -2.25. The summed E-state index contributed by atoms with van der Waals surface area (Å²) in [6.45, 7) is 6.00. The zero-order chi connectivity index (χ0) is 20.7. The van der Waals surface area contributed by atoms with E-state index in [4.69, 9.17) is 4.74 Å². The minimum Gasteiger partial charge on any atom is -0.423 e. The van der Waals surface area contributed by atoms with Gasteiger partial charge in [0.25, 0.3) is 0 Å². The third-order valence-corrected chi connectivity index (χ3v) is 6.31. The summed E-state index contributed by atoms with van der Waals surface area (Å²) >= 11 is 0. The SMILES string of the molecule is Cc1cccc(OC(=O)c2ccc(N3C(=O)[C@H]4CC[C@@H](C)C[C@@H]4C3=O)cc2)c1C. The van der Waals surface area contributed by atoms with E-state index in [9.17, 15) is 14.4 Å². The average molecular weight is 391 g/mol. The first kappa shape index (κ1) is 19.4. The molecular formula is C24H25NO4. The minimum atomic E-state index is -0.466. The zero-order valence-electron chi connectivity index (χ0n) is 17.0. The summed E-state index contributed by atoms with van der Waals surface area (Å²) in [5, 5.41) is 0. The summed E-state index contributed by atoms with van der Waals surface area (Å²) in [4.78, 5) is 39.4. The molecular weight excluding hydrogens is 366 g/mol. The fourth-order valence-electron chi connectivity index (χ4n) is 4.38. The number of ether oxygens (including phenoxy) is 1. The van der Waals surface area contributed by atoms with Crippen LogP contribution in [0.1, 0.15) is 47.7 Å². The number of esters is 1. The normalized spacial score (nSPS) is 23.8. The number of anilines is 1. The number of nitrogens with zero attached hydrogens (tertiary/aromatic N) is 1. The molecule has 5 heteroatoms. The van der Waals surface area contributed by atoms with Crippen LogP contribution in [0.2, 0.25) is 0 Å². The Hall–Kier alpha value is -2.95. The molecule has 5 nitrogen and oxygen atoms in total. The maximum absolute atomic E-state index is 12.8. The van der Waals surface area contributed by atoms with Gasteiger partial charge in [-0.3, -0.25) is 14.5 Å². The Morgan fingerprint density at radius 3 is 2.38 bits per heavy atom. The van der Waals surface area contributed by atoms with Crippen molar-refractivity contribution in [2.75, 3.05) is 4.90 Å². The van der Waals surface area contributed by atoms with Crippen molar-refractivity contribution < 1.29 is 19.1 Å². The van der Waals surface area contributed by atoms with Crippen LogP contribution in [0, 0.1) is 31.6 Å². The van der Waals surface area contributed by atoms with Crippen molar-refractivity contribution >= 4 is 23.5 Å². The number of hydrogen-bond acceptors (Lipinski definition) is 4. The van der Waals surface area contributed by atoms with E-state index in [0.717, 1.165) is 30.4 Å². The van der Waals surface area contributed by atoms with Crippen molar-refractivity contribution in [3.8, 4) is 5.75 Å². The minimum absolute atomic E-state index is 0.113. The summed E-state index contributed by atoms with van der Waals surface area (Å²) in [5.41, 5.74) is 2.86. The van der Waals surface area contributed by atoms with E-state index in [1.807, 2.05) is 26.0 Å². The largest absolute Gasteiger partial charge is 0.423 e. The van der Waals surface area contributed by atoms with Crippen molar-refractivity contribution in [3.05, 3.63) is 59.2 Å². The molecule has 1 aliphatic carbocycles. The van der Waals surface area contributed by atoms with E-state index in [1.165, 1.54) is 4.90 Å². The van der Waals surface area contributed by atoms with E-state index in [-0.39, 0.29) is 23.7 Å². The van der Waals surface area contributed by atoms with Crippen molar-refractivity contribution in [2.45, 2.75) is 40.0 Å². The van der Waals surface area contributed by atoms with Gasteiger partial charge in [0.05, 0.1) is 23.1 Å². The maximum Gasteiger partial charge on any atom is 0.343 e. The van der Waals surface area contributed by atoms with Crippen molar-refractivity contribution in [3.63, 3.8) is 0 Å². The second-order valence-electron chi connectivity index (χ2n) is 8.28. The number of aryl methyl sites for hydroxylation is 1.